The summed E-state index contributed by atoms with van der Waals surface area (Å²) in [7, 11) is 0. The zero-order valence-electron chi connectivity index (χ0n) is 4.74. The summed E-state index contributed by atoms with van der Waals surface area (Å²) in [6.07, 6.45) is 0.0127. The molecule has 5 nitrogen and oxygen atoms in total. The number of aliphatic hydroxyl groups excluding tert-OH is 1. The first-order valence-electron chi connectivity index (χ1n) is 2.42. The third-order valence-corrected chi connectivity index (χ3v) is 0.843. The number of carboxylic acid groups (broad SMARTS) is 1. The summed E-state index contributed by atoms with van der Waals surface area (Å²) in [5, 5.41) is 19.2. The lowest BCUT2D eigenvalue weighted by atomic mass is 10.2. The molecule has 0 amide bonds. The van der Waals surface area contributed by atoms with Crippen LogP contribution in [-0.4, -0.2) is 28.8 Å². The van der Waals surface area contributed by atoms with Crippen molar-refractivity contribution >= 4 is 5.97 Å². The van der Waals surface area contributed by atoms with Crippen molar-refractivity contribution in [3.8, 4) is 0 Å². The van der Waals surface area contributed by atoms with Gasteiger partial charge in [0.1, 0.15) is 0 Å². The van der Waals surface area contributed by atoms with Gasteiger partial charge in [-0.1, -0.05) is 0 Å². The van der Waals surface area contributed by atoms with Crippen LogP contribution in [0.5, 0.6) is 0 Å². The SMILES string of the molecule is N=NC(CCO)C(=O)O. The maximum absolute atomic E-state index is 10.00. The van der Waals surface area contributed by atoms with Gasteiger partial charge in [0.15, 0.2) is 6.04 Å². The van der Waals surface area contributed by atoms with Gasteiger partial charge in [-0.15, -0.1) is 0 Å². The third-order valence-electron chi connectivity index (χ3n) is 0.843. The minimum atomic E-state index is -1.17. The van der Waals surface area contributed by atoms with E-state index in [1.807, 2.05) is 0 Å². The van der Waals surface area contributed by atoms with E-state index >= 15 is 0 Å². The minimum Gasteiger partial charge on any atom is -0.480 e. The Hall–Kier alpha value is -0.970. The number of aliphatic carboxylic acids is 1. The summed E-state index contributed by atoms with van der Waals surface area (Å²) in [6.45, 7) is -0.251. The Balaban J connectivity index is 3.68. The van der Waals surface area contributed by atoms with Crippen LogP contribution in [0.15, 0.2) is 5.11 Å². The molecule has 0 aromatic carbocycles. The highest BCUT2D eigenvalue weighted by Crippen LogP contribution is 1.95. The third kappa shape index (κ3) is 2.76. The number of nitrogens with zero attached hydrogens (tertiary/aromatic N) is 1. The highest BCUT2D eigenvalue weighted by molar-refractivity contribution is 5.73. The summed E-state index contributed by atoms with van der Waals surface area (Å²) in [5.74, 6) is -1.17. The van der Waals surface area contributed by atoms with E-state index in [9.17, 15) is 4.79 Å². The molecule has 0 rings (SSSR count). The molecule has 0 aromatic rings. The van der Waals surface area contributed by atoms with Crippen molar-refractivity contribution in [1.29, 1.82) is 5.53 Å². The van der Waals surface area contributed by atoms with Gasteiger partial charge in [0.2, 0.25) is 0 Å². The van der Waals surface area contributed by atoms with Crippen molar-refractivity contribution in [2.75, 3.05) is 6.61 Å². The molecule has 5 heteroatoms. The van der Waals surface area contributed by atoms with Crippen LogP contribution in [-0.2, 0) is 4.79 Å². The first-order chi connectivity index (χ1) is 4.22. The molecular weight excluding hydrogens is 124 g/mol. The van der Waals surface area contributed by atoms with E-state index < -0.39 is 12.0 Å². The average molecular weight is 132 g/mol. The van der Waals surface area contributed by atoms with E-state index in [2.05, 4.69) is 5.11 Å². The summed E-state index contributed by atoms with van der Waals surface area (Å²) < 4.78 is 0. The number of carbonyl (C=O) groups is 1. The van der Waals surface area contributed by atoms with E-state index in [0.29, 0.717) is 0 Å². The molecule has 52 valence electrons. The van der Waals surface area contributed by atoms with Crippen LogP contribution in [0, 0.1) is 5.53 Å². The van der Waals surface area contributed by atoms with Gasteiger partial charge in [-0.25, -0.2) is 10.3 Å². The Morgan fingerprint density at radius 3 is 2.44 bits per heavy atom. The van der Waals surface area contributed by atoms with Crippen LogP contribution >= 0.6 is 0 Å². The molecule has 9 heavy (non-hydrogen) atoms. The Kier molecular flexibility index (Phi) is 3.54. The topological polar surface area (TPSA) is 93.7 Å². The molecular formula is C4H8N2O3. The van der Waals surface area contributed by atoms with Gasteiger partial charge in [0, 0.05) is 13.0 Å². The van der Waals surface area contributed by atoms with Crippen molar-refractivity contribution in [3.05, 3.63) is 0 Å². The molecule has 0 fully saturated rings. The van der Waals surface area contributed by atoms with Crippen molar-refractivity contribution in [2.24, 2.45) is 5.11 Å². The van der Waals surface area contributed by atoms with Crippen molar-refractivity contribution in [2.45, 2.75) is 12.5 Å². The minimum absolute atomic E-state index is 0.0127. The maximum atomic E-state index is 10.00. The van der Waals surface area contributed by atoms with Crippen molar-refractivity contribution < 1.29 is 15.0 Å². The summed E-state index contributed by atoms with van der Waals surface area (Å²) in [5.41, 5.74) is 6.33. The first kappa shape index (κ1) is 8.03. The highest BCUT2D eigenvalue weighted by atomic mass is 16.4. The van der Waals surface area contributed by atoms with Crippen LogP contribution in [0.25, 0.3) is 0 Å². The number of hydrogen-bond acceptors (Lipinski definition) is 4. The fourth-order valence-electron chi connectivity index (χ4n) is 0.366. The Morgan fingerprint density at radius 1 is 1.78 bits per heavy atom. The molecule has 0 radical (unpaired) electrons. The molecule has 0 aromatic heterocycles. The lowest BCUT2D eigenvalue weighted by Gasteiger charge is -1.99. The highest BCUT2D eigenvalue weighted by Gasteiger charge is 2.13. The average Bonchev–Trinajstić information content (AvgIpc) is 1.82. The van der Waals surface area contributed by atoms with E-state index in [1.165, 1.54) is 0 Å². The number of aliphatic hydroxyl groups is 1. The summed E-state index contributed by atoms with van der Waals surface area (Å²) >= 11 is 0. The number of nitrogens with one attached hydrogen (secondary N) is 1. The van der Waals surface area contributed by atoms with Gasteiger partial charge >= 0.3 is 5.97 Å². The molecule has 0 bridgehead atoms. The molecule has 0 aliphatic rings. The Labute approximate surface area is 51.8 Å². The largest absolute Gasteiger partial charge is 0.480 e. The Morgan fingerprint density at radius 2 is 2.33 bits per heavy atom. The van der Waals surface area contributed by atoms with Crippen LogP contribution in [0.1, 0.15) is 6.42 Å². The number of carboxylic acids is 1. The fraction of sp³-hybridized carbons (Fsp3) is 0.750. The monoisotopic (exact) mass is 132 g/mol. The first-order valence-corrected chi connectivity index (χ1v) is 2.42. The molecule has 0 aliphatic carbocycles. The van der Waals surface area contributed by atoms with Crippen molar-refractivity contribution in [1.82, 2.24) is 0 Å². The smallest absolute Gasteiger partial charge is 0.330 e. The predicted molar refractivity (Wildman–Crippen MR) is 28.3 cm³/mol. The van der Waals surface area contributed by atoms with Crippen LogP contribution in [0.4, 0.5) is 0 Å². The van der Waals surface area contributed by atoms with E-state index in [4.69, 9.17) is 15.7 Å². The van der Waals surface area contributed by atoms with Gasteiger partial charge in [-0.2, -0.15) is 5.11 Å². The van der Waals surface area contributed by atoms with Crippen LogP contribution < -0.4 is 0 Å². The molecule has 1 atom stereocenters. The molecule has 1 unspecified atom stereocenters. The van der Waals surface area contributed by atoms with Gasteiger partial charge in [-0.3, -0.25) is 0 Å². The molecule has 0 saturated carbocycles. The molecule has 3 N–H and O–H groups in total. The maximum Gasteiger partial charge on any atom is 0.330 e. The zero-order chi connectivity index (χ0) is 7.28. The molecule has 0 saturated heterocycles. The van der Waals surface area contributed by atoms with Crippen LogP contribution in [0.3, 0.4) is 0 Å². The molecule has 0 spiro atoms. The summed E-state index contributed by atoms with van der Waals surface area (Å²) in [4.78, 5) is 10.00. The fourth-order valence-corrected chi connectivity index (χ4v) is 0.366. The normalized spacial score (nSPS) is 12.6. The number of hydrogen-bond donors (Lipinski definition) is 3. The second kappa shape index (κ2) is 3.96. The lowest BCUT2D eigenvalue weighted by Crippen LogP contribution is -2.18. The Bertz CT molecular complexity index is 114. The van der Waals surface area contributed by atoms with E-state index in [-0.39, 0.29) is 13.0 Å². The molecule has 0 heterocycles. The zero-order valence-corrected chi connectivity index (χ0v) is 4.74. The lowest BCUT2D eigenvalue weighted by molar-refractivity contribution is -0.139. The second-order valence-corrected chi connectivity index (χ2v) is 1.50. The van der Waals surface area contributed by atoms with Gasteiger partial charge in [-0.05, 0) is 0 Å². The predicted octanol–water partition coefficient (Wildman–Crippen LogP) is -0.147. The van der Waals surface area contributed by atoms with Crippen molar-refractivity contribution in [3.63, 3.8) is 0 Å². The van der Waals surface area contributed by atoms with Gasteiger partial charge < -0.3 is 10.2 Å². The standard InChI is InChI=1S/C4H8N2O3/c5-6-3(1-2-7)4(8)9/h3,5,7H,1-2H2,(H,8,9). The van der Waals surface area contributed by atoms with E-state index in [0.717, 1.165) is 0 Å². The second-order valence-electron chi connectivity index (χ2n) is 1.50. The quantitative estimate of drug-likeness (QED) is 0.464. The molecule has 0 aliphatic heterocycles. The van der Waals surface area contributed by atoms with E-state index in [1.54, 1.807) is 0 Å². The van der Waals surface area contributed by atoms with Gasteiger partial charge in [0.25, 0.3) is 0 Å². The van der Waals surface area contributed by atoms with Gasteiger partial charge in [0.05, 0.1) is 0 Å². The number of rotatable bonds is 4. The summed E-state index contributed by atoms with van der Waals surface area (Å²) in [6, 6.07) is -1.07. The van der Waals surface area contributed by atoms with Crippen LogP contribution in [0.2, 0.25) is 0 Å².